The van der Waals surface area contributed by atoms with Crippen molar-refractivity contribution in [1.82, 2.24) is 9.78 Å². The van der Waals surface area contributed by atoms with E-state index in [2.05, 4.69) is 58.3 Å². The van der Waals surface area contributed by atoms with Gasteiger partial charge in [0.25, 0.3) is 0 Å². The predicted octanol–water partition coefficient (Wildman–Crippen LogP) is 3.52. The molecule has 0 saturated carbocycles. The first-order chi connectivity index (χ1) is 8.69. The number of aromatic nitrogens is 2. The van der Waals surface area contributed by atoms with Crippen molar-refractivity contribution in [1.29, 1.82) is 0 Å². The molecule has 1 atom stereocenters. The van der Waals surface area contributed by atoms with E-state index in [0.29, 0.717) is 5.92 Å². The molecule has 0 aliphatic rings. The van der Waals surface area contributed by atoms with E-state index in [9.17, 15) is 0 Å². The van der Waals surface area contributed by atoms with Gasteiger partial charge in [0.15, 0.2) is 0 Å². The average molecular weight is 307 g/mol. The van der Waals surface area contributed by atoms with Gasteiger partial charge in [-0.15, -0.1) is 0 Å². The first-order valence-electron chi connectivity index (χ1n) is 6.28. The number of nitrogens with zero attached hydrogens (tertiary/aromatic N) is 2. The zero-order valence-corrected chi connectivity index (χ0v) is 12.5. The van der Waals surface area contributed by atoms with Gasteiger partial charge in [0.2, 0.25) is 0 Å². The SMILES string of the molecule is Cc1ccccc1CC(CBr)Cc1ccn(C)n1. The molecule has 0 spiro atoms. The smallest absolute Gasteiger partial charge is 0.0627 e. The van der Waals surface area contributed by atoms with E-state index >= 15 is 0 Å². The summed E-state index contributed by atoms with van der Waals surface area (Å²) in [6, 6.07) is 10.7. The predicted molar refractivity (Wildman–Crippen MR) is 79.1 cm³/mol. The Hall–Kier alpha value is -1.09. The molecule has 2 nitrogen and oxygen atoms in total. The third-order valence-electron chi connectivity index (χ3n) is 3.25. The molecule has 0 N–H and O–H groups in total. The van der Waals surface area contributed by atoms with Crippen LogP contribution in [0.5, 0.6) is 0 Å². The zero-order chi connectivity index (χ0) is 13.0. The van der Waals surface area contributed by atoms with Crippen LogP contribution in [0.1, 0.15) is 16.8 Å². The van der Waals surface area contributed by atoms with Gasteiger partial charge >= 0.3 is 0 Å². The Bertz CT molecular complexity index is 505. The zero-order valence-electron chi connectivity index (χ0n) is 10.9. The summed E-state index contributed by atoms with van der Waals surface area (Å²) in [7, 11) is 1.97. The fourth-order valence-corrected chi connectivity index (χ4v) is 2.66. The van der Waals surface area contributed by atoms with Crippen LogP contribution in [0.3, 0.4) is 0 Å². The maximum absolute atomic E-state index is 4.46. The van der Waals surface area contributed by atoms with E-state index in [0.717, 1.165) is 18.2 Å². The number of hydrogen-bond donors (Lipinski definition) is 0. The molecule has 1 aromatic heterocycles. The van der Waals surface area contributed by atoms with Crippen LogP contribution in [-0.4, -0.2) is 15.1 Å². The summed E-state index contributed by atoms with van der Waals surface area (Å²) in [4.78, 5) is 0. The second-order valence-corrected chi connectivity index (χ2v) is 5.48. The Morgan fingerprint density at radius 1 is 1.22 bits per heavy atom. The molecule has 0 saturated heterocycles. The lowest BCUT2D eigenvalue weighted by Crippen LogP contribution is -2.11. The van der Waals surface area contributed by atoms with Crippen LogP contribution in [0, 0.1) is 12.8 Å². The van der Waals surface area contributed by atoms with Crippen LogP contribution in [-0.2, 0) is 19.9 Å². The van der Waals surface area contributed by atoms with Crippen molar-refractivity contribution in [3.05, 3.63) is 53.3 Å². The van der Waals surface area contributed by atoms with Crippen LogP contribution in [0.15, 0.2) is 36.5 Å². The molecule has 0 aliphatic heterocycles. The van der Waals surface area contributed by atoms with Crippen molar-refractivity contribution in [3.63, 3.8) is 0 Å². The molecule has 3 heteroatoms. The monoisotopic (exact) mass is 306 g/mol. The lowest BCUT2D eigenvalue weighted by molar-refractivity contribution is 0.573. The van der Waals surface area contributed by atoms with Crippen LogP contribution < -0.4 is 0 Å². The van der Waals surface area contributed by atoms with Gasteiger partial charge in [-0.3, -0.25) is 4.68 Å². The molecule has 0 bridgehead atoms. The minimum absolute atomic E-state index is 0.598. The maximum Gasteiger partial charge on any atom is 0.0627 e. The molecule has 0 aliphatic carbocycles. The molecule has 18 heavy (non-hydrogen) atoms. The molecule has 2 rings (SSSR count). The van der Waals surface area contributed by atoms with Crippen LogP contribution in [0.2, 0.25) is 0 Å². The summed E-state index contributed by atoms with van der Waals surface area (Å²) in [5.74, 6) is 0.598. The summed E-state index contributed by atoms with van der Waals surface area (Å²) in [6.45, 7) is 2.18. The first-order valence-corrected chi connectivity index (χ1v) is 7.40. The lowest BCUT2D eigenvalue weighted by Gasteiger charge is -2.14. The van der Waals surface area contributed by atoms with Gasteiger partial charge in [0.05, 0.1) is 5.69 Å². The van der Waals surface area contributed by atoms with Gasteiger partial charge in [-0.2, -0.15) is 5.10 Å². The summed E-state index contributed by atoms with van der Waals surface area (Å²) < 4.78 is 1.87. The fraction of sp³-hybridized carbons (Fsp3) is 0.400. The van der Waals surface area contributed by atoms with Crippen molar-refractivity contribution in [2.24, 2.45) is 13.0 Å². The van der Waals surface area contributed by atoms with Crippen LogP contribution in [0.25, 0.3) is 0 Å². The highest BCUT2D eigenvalue weighted by Crippen LogP contribution is 2.18. The molecule has 0 radical (unpaired) electrons. The number of halogens is 1. The van der Waals surface area contributed by atoms with E-state index in [-0.39, 0.29) is 0 Å². The number of rotatable bonds is 5. The van der Waals surface area contributed by atoms with E-state index < -0.39 is 0 Å². The molecule has 0 fully saturated rings. The van der Waals surface area contributed by atoms with E-state index in [4.69, 9.17) is 0 Å². The Morgan fingerprint density at radius 3 is 2.61 bits per heavy atom. The van der Waals surface area contributed by atoms with Gasteiger partial charge < -0.3 is 0 Å². The number of benzene rings is 1. The van der Waals surface area contributed by atoms with Crippen molar-refractivity contribution in [3.8, 4) is 0 Å². The van der Waals surface area contributed by atoms with Gasteiger partial charge in [-0.25, -0.2) is 0 Å². The Labute approximate surface area is 117 Å². The van der Waals surface area contributed by atoms with E-state index in [1.54, 1.807) is 0 Å². The lowest BCUT2D eigenvalue weighted by atomic mass is 9.94. The minimum atomic E-state index is 0.598. The molecule has 2 aromatic rings. The Balaban J connectivity index is 2.04. The third kappa shape index (κ3) is 3.45. The Morgan fingerprint density at radius 2 is 2.00 bits per heavy atom. The summed E-state index contributed by atoms with van der Waals surface area (Å²) in [5, 5.41) is 5.47. The molecule has 1 unspecified atom stereocenters. The van der Waals surface area contributed by atoms with Crippen molar-refractivity contribution in [2.45, 2.75) is 19.8 Å². The molecule has 0 amide bonds. The van der Waals surface area contributed by atoms with Crippen molar-refractivity contribution < 1.29 is 0 Å². The number of alkyl halides is 1. The van der Waals surface area contributed by atoms with E-state index in [1.807, 2.05) is 17.9 Å². The normalized spacial score (nSPS) is 12.6. The van der Waals surface area contributed by atoms with Crippen LogP contribution >= 0.6 is 15.9 Å². The topological polar surface area (TPSA) is 17.8 Å². The van der Waals surface area contributed by atoms with Crippen molar-refractivity contribution in [2.75, 3.05) is 5.33 Å². The third-order valence-corrected chi connectivity index (χ3v) is 4.17. The summed E-state index contributed by atoms with van der Waals surface area (Å²) in [6.07, 6.45) is 4.14. The highest BCUT2D eigenvalue weighted by atomic mass is 79.9. The van der Waals surface area contributed by atoms with Gasteiger partial charge in [0.1, 0.15) is 0 Å². The Kier molecular flexibility index (Phi) is 4.59. The second-order valence-electron chi connectivity index (χ2n) is 4.84. The minimum Gasteiger partial charge on any atom is -0.276 e. The van der Waals surface area contributed by atoms with Gasteiger partial charge in [-0.05, 0) is 42.9 Å². The molecular formula is C15H19BrN2. The summed E-state index contributed by atoms with van der Waals surface area (Å²) >= 11 is 3.63. The largest absolute Gasteiger partial charge is 0.276 e. The number of hydrogen-bond acceptors (Lipinski definition) is 1. The highest BCUT2D eigenvalue weighted by molar-refractivity contribution is 9.09. The van der Waals surface area contributed by atoms with E-state index in [1.165, 1.54) is 16.8 Å². The van der Waals surface area contributed by atoms with Crippen molar-refractivity contribution >= 4 is 15.9 Å². The molecular weight excluding hydrogens is 288 g/mol. The molecule has 1 heterocycles. The quantitative estimate of drug-likeness (QED) is 0.773. The number of aryl methyl sites for hydroxylation is 2. The first kappa shape index (κ1) is 13.3. The summed E-state index contributed by atoms with van der Waals surface area (Å²) in [5.41, 5.74) is 4.00. The van der Waals surface area contributed by atoms with Gasteiger partial charge in [-0.1, -0.05) is 40.2 Å². The second kappa shape index (κ2) is 6.19. The van der Waals surface area contributed by atoms with Gasteiger partial charge in [0, 0.05) is 18.6 Å². The standard InChI is InChI=1S/C15H19BrN2/c1-12-5-3-4-6-14(12)9-13(11-16)10-15-7-8-18(2)17-15/h3-8,13H,9-11H2,1-2H3. The average Bonchev–Trinajstić information content (AvgIpc) is 2.76. The maximum atomic E-state index is 4.46. The van der Waals surface area contributed by atoms with Crippen LogP contribution in [0.4, 0.5) is 0 Å². The molecule has 96 valence electrons. The highest BCUT2D eigenvalue weighted by Gasteiger charge is 2.12. The fourth-order valence-electron chi connectivity index (χ4n) is 2.20. The molecule has 1 aromatic carbocycles.